The molecule has 0 unspecified atom stereocenters. The number of sulfone groups is 1. The number of nitrogens with zero attached hydrogens (tertiary/aromatic N) is 3. The highest BCUT2D eigenvalue weighted by molar-refractivity contribution is 7.90. The van der Waals surface area contributed by atoms with E-state index in [2.05, 4.69) is 10.4 Å². The molecule has 0 aliphatic heterocycles. The summed E-state index contributed by atoms with van der Waals surface area (Å²) in [7, 11) is -3.15. The summed E-state index contributed by atoms with van der Waals surface area (Å²) in [6, 6.07) is 11.0. The van der Waals surface area contributed by atoms with Gasteiger partial charge in [0.1, 0.15) is 28.1 Å². The van der Waals surface area contributed by atoms with Crippen LogP contribution in [0.15, 0.2) is 36.5 Å². The van der Waals surface area contributed by atoms with Crippen LogP contribution in [0.3, 0.4) is 0 Å². The Hall–Kier alpha value is -2.86. The van der Waals surface area contributed by atoms with Crippen LogP contribution in [0.5, 0.6) is 0 Å². The van der Waals surface area contributed by atoms with Crippen molar-refractivity contribution in [2.45, 2.75) is 13.2 Å². The molecule has 2 rings (SSSR count). The van der Waals surface area contributed by atoms with Gasteiger partial charge in [-0.3, -0.25) is 10.00 Å². The molecule has 1 amide bonds. The second-order valence-corrected chi connectivity index (χ2v) is 7.34. The molecule has 9 heteroatoms. The monoisotopic (exact) mass is 348 g/mol. The number of aryl methyl sites for hydroxylation is 1. The van der Waals surface area contributed by atoms with E-state index in [0.717, 1.165) is 11.8 Å². The summed E-state index contributed by atoms with van der Waals surface area (Å²) in [5.74, 6) is -0.0821. The quantitative estimate of drug-likeness (QED) is 0.847. The highest BCUT2D eigenvalue weighted by Crippen LogP contribution is 2.12. The number of carbonyl (C=O) groups is 1. The first-order valence-electron chi connectivity index (χ1n) is 7.00. The highest BCUT2D eigenvalue weighted by atomic mass is 32.2. The van der Waals surface area contributed by atoms with Crippen molar-refractivity contribution in [2.75, 3.05) is 17.3 Å². The number of amides is 1. The fourth-order valence-electron chi connectivity index (χ4n) is 1.83. The molecule has 126 valence electrons. The lowest BCUT2D eigenvalue weighted by Gasteiger charge is -2.05. The SMILES string of the molecule is CS(=O)(=O)CCn1cc(C#N)c(NC(=O)OCc2ccccc2)n1. The Labute approximate surface area is 139 Å². The molecule has 0 saturated carbocycles. The van der Waals surface area contributed by atoms with Crippen molar-refractivity contribution in [1.82, 2.24) is 9.78 Å². The average molecular weight is 348 g/mol. The summed E-state index contributed by atoms with van der Waals surface area (Å²) in [5.41, 5.74) is 0.951. The number of ether oxygens (including phenoxy) is 1. The Morgan fingerprint density at radius 3 is 2.71 bits per heavy atom. The van der Waals surface area contributed by atoms with Gasteiger partial charge < -0.3 is 4.74 Å². The zero-order valence-corrected chi connectivity index (χ0v) is 13.8. The van der Waals surface area contributed by atoms with Gasteiger partial charge >= 0.3 is 6.09 Å². The van der Waals surface area contributed by atoms with Gasteiger partial charge in [-0.15, -0.1) is 0 Å². The fraction of sp³-hybridized carbons (Fsp3) is 0.267. The maximum atomic E-state index is 11.8. The van der Waals surface area contributed by atoms with E-state index in [1.165, 1.54) is 10.9 Å². The third kappa shape index (κ3) is 5.40. The molecule has 1 aromatic carbocycles. The van der Waals surface area contributed by atoms with Gasteiger partial charge in [-0.1, -0.05) is 30.3 Å². The summed E-state index contributed by atoms with van der Waals surface area (Å²) < 4.78 is 28.7. The first-order chi connectivity index (χ1) is 11.4. The highest BCUT2D eigenvalue weighted by Gasteiger charge is 2.14. The number of carbonyl (C=O) groups excluding carboxylic acids is 1. The summed E-state index contributed by atoms with van der Waals surface area (Å²) in [5, 5.41) is 15.4. The van der Waals surface area contributed by atoms with E-state index < -0.39 is 15.9 Å². The molecule has 0 spiro atoms. The van der Waals surface area contributed by atoms with E-state index in [0.29, 0.717) is 0 Å². The lowest BCUT2D eigenvalue weighted by molar-refractivity contribution is 0.155. The second-order valence-electron chi connectivity index (χ2n) is 5.08. The third-order valence-electron chi connectivity index (χ3n) is 3.01. The van der Waals surface area contributed by atoms with Crippen LogP contribution in [-0.4, -0.2) is 36.3 Å². The summed E-state index contributed by atoms with van der Waals surface area (Å²) in [6.07, 6.45) is 1.74. The van der Waals surface area contributed by atoms with Crippen LogP contribution in [0.25, 0.3) is 0 Å². The third-order valence-corrected chi connectivity index (χ3v) is 3.93. The van der Waals surface area contributed by atoms with Crippen molar-refractivity contribution >= 4 is 21.7 Å². The molecule has 24 heavy (non-hydrogen) atoms. The summed E-state index contributed by atoms with van der Waals surface area (Å²) in [6.45, 7) is 0.178. The Bertz CT molecular complexity index is 853. The maximum Gasteiger partial charge on any atom is 0.413 e. The first kappa shape index (κ1) is 17.5. The van der Waals surface area contributed by atoms with Crippen LogP contribution in [0, 0.1) is 11.3 Å². The minimum absolute atomic E-state index is 0.0315. The number of rotatable bonds is 6. The largest absolute Gasteiger partial charge is 0.444 e. The molecular formula is C15H16N4O4S. The molecule has 0 bridgehead atoms. The molecule has 8 nitrogen and oxygen atoms in total. The smallest absolute Gasteiger partial charge is 0.413 e. The van der Waals surface area contributed by atoms with E-state index in [-0.39, 0.29) is 30.3 Å². The summed E-state index contributed by atoms with van der Waals surface area (Å²) >= 11 is 0. The Morgan fingerprint density at radius 1 is 1.38 bits per heavy atom. The molecule has 0 atom stereocenters. The van der Waals surface area contributed by atoms with Gasteiger partial charge in [-0.2, -0.15) is 10.4 Å². The predicted octanol–water partition coefficient (Wildman–Crippen LogP) is 1.55. The zero-order chi connectivity index (χ0) is 17.6. The van der Waals surface area contributed by atoms with E-state index in [4.69, 9.17) is 10.00 Å². The lowest BCUT2D eigenvalue weighted by atomic mass is 10.2. The topological polar surface area (TPSA) is 114 Å². The van der Waals surface area contributed by atoms with Gasteiger partial charge in [0.2, 0.25) is 0 Å². The standard InChI is InChI=1S/C15H16N4O4S/c1-24(21,22)8-7-19-10-13(9-16)14(18-19)17-15(20)23-11-12-5-3-2-4-6-12/h2-6,10H,7-8,11H2,1H3,(H,17,18,20). The lowest BCUT2D eigenvalue weighted by Crippen LogP contribution is -2.15. The maximum absolute atomic E-state index is 11.8. The number of hydrogen-bond donors (Lipinski definition) is 1. The molecule has 2 aromatic rings. The molecule has 0 fully saturated rings. The van der Waals surface area contributed by atoms with Crippen LogP contribution >= 0.6 is 0 Å². The van der Waals surface area contributed by atoms with Gasteiger partial charge in [0.05, 0.1) is 12.3 Å². The second kappa shape index (κ2) is 7.61. The fourth-order valence-corrected chi connectivity index (χ4v) is 2.34. The minimum atomic E-state index is -3.15. The Morgan fingerprint density at radius 2 is 2.08 bits per heavy atom. The van der Waals surface area contributed by atoms with Crippen LogP contribution in [0.4, 0.5) is 10.6 Å². The van der Waals surface area contributed by atoms with E-state index in [1.807, 2.05) is 36.4 Å². The number of hydrogen-bond acceptors (Lipinski definition) is 6. The van der Waals surface area contributed by atoms with Crippen molar-refractivity contribution in [3.63, 3.8) is 0 Å². The zero-order valence-electron chi connectivity index (χ0n) is 13.0. The van der Waals surface area contributed by atoms with Gasteiger partial charge in [0.25, 0.3) is 0 Å². The van der Waals surface area contributed by atoms with E-state index >= 15 is 0 Å². The van der Waals surface area contributed by atoms with Crippen molar-refractivity contribution in [3.05, 3.63) is 47.7 Å². The molecule has 0 saturated heterocycles. The number of benzene rings is 1. The first-order valence-corrected chi connectivity index (χ1v) is 9.06. The van der Waals surface area contributed by atoms with Crippen LogP contribution in [-0.2, 0) is 27.7 Å². The Balaban J connectivity index is 1.97. The van der Waals surface area contributed by atoms with Crippen LogP contribution in [0.2, 0.25) is 0 Å². The Kier molecular flexibility index (Phi) is 5.55. The predicted molar refractivity (Wildman–Crippen MR) is 86.9 cm³/mol. The molecule has 1 heterocycles. The van der Waals surface area contributed by atoms with Crippen molar-refractivity contribution in [2.24, 2.45) is 0 Å². The molecular weight excluding hydrogens is 332 g/mol. The minimum Gasteiger partial charge on any atom is -0.444 e. The van der Waals surface area contributed by atoms with Gasteiger partial charge in [-0.25, -0.2) is 13.2 Å². The number of aromatic nitrogens is 2. The van der Waals surface area contributed by atoms with Gasteiger partial charge in [0.15, 0.2) is 5.82 Å². The normalized spacial score (nSPS) is 10.8. The van der Waals surface area contributed by atoms with Crippen molar-refractivity contribution in [1.29, 1.82) is 5.26 Å². The number of nitrogens with one attached hydrogen (secondary N) is 1. The van der Waals surface area contributed by atoms with Gasteiger partial charge in [0, 0.05) is 12.5 Å². The molecule has 0 aliphatic rings. The van der Waals surface area contributed by atoms with Crippen LogP contribution < -0.4 is 5.32 Å². The van der Waals surface area contributed by atoms with E-state index in [1.54, 1.807) is 0 Å². The van der Waals surface area contributed by atoms with Crippen molar-refractivity contribution in [3.8, 4) is 6.07 Å². The summed E-state index contributed by atoms with van der Waals surface area (Å²) in [4.78, 5) is 11.8. The van der Waals surface area contributed by atoms with Gasteiger partial charge in [-0.05, 0) is 5.56 Å². The molecule has 1 N–H and O–H groups in total. The number of anilines is 1. The van der Waals surface area contributed by atoms with E-state index in [9.17, 15) is 13.2 Å². The average Bonchev–Trinajstić information content (AvgIpc) is 2.93. The van der Waals surface area contributed by atoms with Crippen molar-refractivity contribution < 1.29 is 17.9 Å². The molecule has 0 radical (unpaired) electrons. The molecule has 1 aromatic heterocycles. The molecule has 0 aliphatic carbocycles. The van der Waals surface area contributed by atoms with Crippen LogP contribution in [0.1, 0.15) is 11.1 Å². The number of nitriles is 1.